The van der Waals surface area contributed by atoms with Crippen LogP contribution in [-0.4, -0.2) is 71.1 Å². The second kappa shape index (κ2) is 11.3. The molecule has 1 aromatic carbocycles. The van der Waals surface area contributed by atoms with Crippen LogP contribution >= 0.6 is 11.8 Å². The average Bonchev–Trinajstić information content (AvgIpc) is 2.70. The highest BCUT2D eigenvalue weighted by molar-refractivity contribution is 8.00. The molecule has 0 aliphatic rings. The first-order valence-corrected chi connectivity index (χ1v) is 10.1. The molecule has 0 radical (unpaired) electrons. The molecule has 12 heteroatoms. The molecule has 0 unspecified atom stereocenters. The Labute approximate surface area is 183 Å². The molecule has 170 valence electrons. The van der Waals surface area contributed by atoms with Crippen LogP contribution in [0.1, 0.15) is 31.1 Å². The minimum absolute atomic E-state index is 0.0802. The smallest absolute Gasteiger partial charge is 0.418 e. The fourth-order valence-corrected chi connectivity index (χ4v) is 3.14. The van der Waals surface area contributed by atoms with E-state index in [0.717, 1.165) is 43.1 Å². The van der Waals surface area contributed by atoms with E-state index in [-0.39, 0.29) is 22.8 Å². The van der Waals surface area contributed by atoms with Crippen molar-refractivity contribution in [3.8, 4) is 0 Å². The summed E-state index contributed by atoms with van der Waals surface area (Å²) in [5.41, 5.74) is -1.31. The van der Waals surface area contributed by atoms with Crippen molar-refractivity contribution in [2.45, 2.75) is 32.4 Å². The third-order valence-corrected chi connectivity index (χ3v) is 4.63. The number of nitrogens with zero attached hydrogens (tertiary/aromatic N) is 2. The van der Waals surface area contributed by atoms with Crippen LogP contribution in [0.25, 0.3) is 0 Å². The molecule has 0 aromatic heterocycles. The van der Waals surface area contributed by atoms with Gasteiger partial charge in [0.05, 0.1) is 24.9 Å². The van der Waals surface area contributed by atoms with E-state index < -0.39 is 40.5 Å². The summed E-state index contributed by atoms with van der Waals surface area (Å²) in [5, 5.41) is 10.8. The Morgan fingerprint density at radius 3 is 2.13 bits per heavy atom. The Hall–Kier alpha value is -3.15. The van der Waals surface area contributed by atoms with Gasteiger partial charge < -0.3 is 14.2 Å². The summed E-state index contributed by atoms with van der Waals surface area (Å²) in [7, 11) is 2.29. The molecule has 0 saturated carbocycles. The molecular weight excluding hydrogens is 432 g/mol. The molecule has 11 nitrogen and oxygen atoms in total. The molecule has 0 fully saturated rings. The lowest BCUT2D eigenvalue weighted by atomic mass is 10.1. The van der Waals surface area contributed by atoms with E-state index in [1.165, 1.54) is 7.11 Å². The number of nitro benzene ring substituents is 1. The summed E-state index contributed by atoms with van der Waals surface area (Å²) < 4.78 is 14.5. The Kier molecular flexibility index (Phi) is 9.43. The van der Waals surface area contributed by atoms with Gasteiger partial charge in [-0.05, 0) is 32.9 Å². The number of thioether (sulfide) groups is 1. The van der Waals surface area contributed by atoms with Gasteiger partial charge in [-0.2, -0.15) is 0 Å². The molecule has 1 rings (SSSR count). The maximum absolute atomic E-state index is 13.1. The molecule has 0 heterocycles. The number of ether oxygens (including phenoxy) is 3. The van der Waals surface area contributed by atoms with E-state index >= 15 is 0 Å². The first-order chi connectivity index (χ1) is 14.4. The van der Waals surface area contributed by atoms with Crippen LogP contribution in [0.15, 0.2) is 24.3 Å². The largest absolute Gasteiger partial charge is 0.468 e. The SMILES string of the molecule is COC(=O)CSC[C@@H](C(=O)OC)N(C(=O)OC(C)(C)C)C(=O)c1ccc([N+](=O)[O-])cc1. The minimum Gasteiger partial charge on any atom is -0.468 e. The van der Waals surface area contributed by atoms with Gasteiger partial charge in [0, 0.05) is 23.4 Å². The lowest BCUT2D eigenvalue weighted by Crippen LogP contribution is -2.52. The fraction of sp³-hybridized carbons (Fsp3) is 0.474. The maximum Gasteiger partial charge on any atom is 0.418 e. The molecule has 1 aromatic rings. The lowest BCUT2D eigenvalue weighted by Gasteiger charge is -2.30. The third kappa shape index (κ3) is 7.89. The number of non-ortho nitro benzene ring substituents is 1. The Balaban J connectivity index is 3.31. The van der Waals surface area contributed by atoms with Crippen molar-refractivity contribution in [1.82, 2.24) is 4.90 Å². The van der Waals surface area contributed by atoms with Crippen molar-refractivity contribution >= 4 is 41.4 Å². The van der Waals surface area contributed by atoms with Gasteiger partial charge in [0.1, 0.15) is 11.6 Å². The summed E-state index contributed by atoms with van der Waals surface area (Å²) in [5.74, 6) is -2.67. The number of rotatable bonds is 8. The number of amides is 2. The molecule has 0 bridgehead atoms. The van der Waals surface area contributed by atoms with Crippen LogP contribution in [-0.2, 0) is 23.8 Å². The number of methoxy groups -OCH3 is 2. The van der Waals surface area contributed by atoms with Gasteiger partial charge in [-0.25, -0.2) is 14.5 Å². The quantitative estimate of drug-likeness (QED) is 0.248. The molecule has 0 aliphatic carbocycles. The van der Waals surface area contributed by atoms with E-state index in [4.69, 9.17) is 9.47 Å². The highest BCUT2D eigenvalue weighted by Crippen LogP contribution is 2.21. The first kappa shape index (κ1) is 25.9. The van der Waals surface area contributed by atoms with Crippen molar-refractivity contribution in [2.24, 2.45) is 0 Å². The van der Waals surface area contributed by atoms with Crippen molar-refractivity contribution in [1.29, 1.82) is 0 Å². The number of benzene rings is 1. The monoisotopic (exact) mass is 456 g/mol. The van der Waals surface area contributed by atoms with E-state index in [1.54, 1.807) is 20.8 Å². The maximum atomic E-state index is 13.1. The molecular formula is C19H24N2O9S. The van der Waals surface area contributed by atoms with Gasteiger partial charge in [0.25, 0.3) is 11.6 Å². The Bertz CT molecular complexity index is 834. The minimum atomic E-state index is -1.42. The van der Waals surface area contributed by atoms with E-state index in [2.05, 4.69) is 4.74 Å². The number of carbonyl (C=O) groups is 4. The standard InChI is InChI=1S/C19H24N2O9S/c1-19(2,3)30-18(25)20(14(17(24)29-5)10-31-11-15(22)28-4)16(23)12-6-8-13(9-7-12)21(26)27/h6-9,14H,10-11H2,1-5H3/t14-/m0/s1. The lowest BCUT2D eigenvalue weighted by molar-refractivity contribution is -0.384. The second-order valence-electron chi connectivity index (χ2n) is 7.09. The van der Waals surface area contributed by atoms with Crippen LogP contribution < -0.4 is 0 Å². The average molecular weight is 456 g/mol. The normalized spacial score (nSPS) is 11.8. The van der Waals surface area contributed by atoms with Crippen LogP contribution in [0.4, 0.5) is 10.5 Å². The Morgan fingerprint density at radius 2 is 1.68 bits per heavy atom. The fourth-order valence-electron chi connectivity index (χ4n) is 2.22. The van der Waals surface area contributed by atoms with Gasteiger partial charge in [-0.3, -0.25) is 19.7 Å². The van der Waals surface area contributed by atoms with Gasteiger partial charge in [-0.15, -0.1) is 11.8 Å². The molecule has 1 atom stereocenters. The summed E-state index contributed by atoms with van der Waals surface area (Å²) in [6.45, 7) is 4.75. The molecule has 0 N–H and O–H groups in total. The van der Waals surface area contributed by atoms with Gasteiger partial charge in [0.15, 0.2) is 0 Å². The van der Waals surface area contributed by atoms with E-state index in [9.17, 15) is 29.3 Å². The van der Waals surface area contributed by atoms with Crippen molar-refractivity contribution in [2.75, 3.05) is 25.7 Å². The third-order valence-electron chi connectivity index (χ3n) is 3.64. The zero-order valence-corrected chi connectivity index (χ0v) is 18.6. The van der Waals surface area contributed by atoms with Crippen LogP contribution in [0.3, 0.4) is 0 Å². The summed E-state index contributed by atoms with van der Waals surface area (Å²) >= 11 is 0.954. The molecule has 0 aliphatic heterocycles. The second-order valence-corrected chi connectivity index (χ2v) is 8.12. The topological polar surface area (TPSA) is 142 Å². The van der Waals surface area contributed by atoms with Gasteiger partial charge >= 0.3 is 18.0 Å². The number of hydrogen-bond donors (Lipinski definition) is 0. The first-order valence-electron chi connectivity index (χ1n) is 8.94. The predicted molar refractivity (Wildman–Crippen MR) is 111 cm³/mol. The Morgan fingerprint density at radius 1 is 1.10 bits per heavy atom. The van der Waals surface area contributed by atoms with Gasteiger partial charge in [-0.1, -0.05) is 0 Å². The van der Waals surface area contributed by atoms with Crippen LogP contribution in [0, 0.1) is 10.1 Å². The highest BCUT2D eigenvalue weighted by Gasteiger charge is 2.39. The predicted octanol–water partition coefficient (Wildman–Crippen LogP) is 2.42. The van der Waals surface area contributed by atoms with Gasteiger partial charge in [0.2, 0.25) is 0 Å². The van der Waals surface area contributed by atoms with E-state index in [1.807, 2.05) is 0 Å². The van der Waals surface area contributed by atoms with Crippen molar-refractivity contribution < 1.29 is 38.3 Å². The highest BCUT2D eigenvalue weighted by atomic mass is 32.2. The van der Waals surface area contributed by atoms with Crippen LogP contribution in [0.5, 0.6) is 0 Å². The number of imide groups is 1. The van der Waals surface area contributed by atoms with Crippen LogP contribution in [0.2, 0.25) is 0 Å². The number of esters is 2. The van der Waals surface area contributed by atoms with E-state index in [0.29, 0.717) is 4.90 Å². The molecule has 0 saturated heterocycles. The number of hydrogen-bond acceptors (Lipinski definition) is 10. The van der Waals surface area contributed by atoms with Crippen molar-refractivity contribution in [3.05, 3.63) is 39.9 Å². The summed E-state index contributed by atoms with van der Waals surface area (Å²) in [4.78, 5) is 60.5. The van der Waals surface area contributed by atoms with Crippen molar-refractivity contribution in [3.63, 3.8) is 0 Å². The number of nitro groups is 1. The summed E-state index contributed by atoms with van der Waals surface area (Å²) in [6, 6.07) is 3.10. The zero-order valence-electron chi connectivity index (χ0n) is 17.8. The summed E-state index contributed by atoms with van der Waals surface area (Å²) in [6.07, 6.45) is -1.11. The molecule has 31 heavy (non-hydrogen) atoms. The molecule has 2 amide bonds. The molecule has 0 spiro atoms. The number of carbonyl (C=O) groups excluding carboxylic acids is 4. The zero-order chi connectivity index (χ0) is 23.8.